The molecular formula is C51H72N2. The van der Waals surface area contributed by atoms with E-state index in [1.807, 2.05) is 0 Å². The number of rotatable bonds is 22. The van der Waals surface area contributed by atoms with E-state index in [0.29, 0.717) is 11.8 Å². The molecule has 4 aromatic carbocycles. The first-order valence-electron chi connectivity index (χ1n) is 21.9. The van der Waals surface area contributed by atoms with Crippen LogP contribution in [0.1, 0.15) is 194 Å². The Kier molecular flexibility index (Phi) is 16.4. The van der Waals surface area contributed by atoms with Gasteiger partial charge >= 0.3 is 0 Å². The Morgan fingerprint density at radius 2 is 0.792 bits per heavy atom. The highest BCUT2D eigenvalue weighted by molar-refractivity contribution is 5.47. The molecule has 2 atom stereocenters. The topological polar surface area (TPSA) is 52.0 Å². The van der Waals surface area contributed by atoms with Gasteiger partial charge in [-0.25, -0.2) is 0 Å². The smallest absolute Gasteiger partial charge is 0.0314 e. The first-order chi connectivity index (χ1) is 26.0. The van der Waals surface area contributed by atoms with E-state index in [-0.39, 0.29) is 5.41 Å². The van der Waals surface area contributed by atoms with Crippen LogP contribution in [-0.4, -0.2) is 0 Å². The van der Waals surface area contributed by atoms with Crippen LogP contribution in [0.5, 0.6) is 0 Å². The molecule has 1 saturated carbocycles. The van der Waals surface area contributed by atoms with Gasteiger partial charge in [0.2, 0.25) is 0 Å². The maximum Gasteiger partial charge on any atom is 0.0314 e. The van der Waals surface area contributed by atoms with E-state index in [2.05, 4.69) is 118 Å². The van der Waals surface area contributed by atoms with Gasteiger partial charge in [-0.05, 0) is 102 Å². The normalized spacial score (nSPS) is 18.5. The predicted molar refractivity (Wildman–Crippen MR) is 232 cm³/mol. The Bertz CT molecular complexity index is 1450. The summed E-state index contributed by atoms with van der Waals surface area (Å²) in [6.07, 6.45) is 26.1. The number of anilines is 2. The summed E-state index contributed by atoms with van der Waals surface area (Å²) in [5.74, 6) is 1.67. The third-order valence-corrected chi connectivity index (χ3v) is 12.8. The van der Waals surface area contributed by atoms with Crippen molar-refractivity contribution in [3.8, 4) is 0 Å². The molecule has 5 rings (SSSR count). The Morgan fingerprint density at radius 1 is 0.453 bits per heavy atom. The first kappa shape index (κ1) is 40.7. The molecule has 286 valence electrons. The van der Waals surface area contributed by atoms with Crippen LogP contribution in [0, 0.1) is 5.92 Å². The summed E-state index contributed by atoms with van der Waals surface area (Å²) in [7, 11) is 0. The lowest BCUT2D eigenvalue weighted by Crippen LogP contribution is -2.33. The van der Waals surface area contributed by atoms with E-state index in [1.54, 1.807) is 0 Å². The lowest BCUT2D eigenvalue weighted by atomic mass is 9.62. The van der Waals surface area contributed by atoms with Crippen LogP contribution in [-0.2, 0) is 5.41 Å². The molecule has 0 radical (unpaired) electrons. The second-order valence-corrected chi connectivity index (χ2v) is 16.6. The second kappa shape index (κ2) is 21.4. The van der Waals surface area contributed by atoms with Gasteiger partial charge in [0.15, 0.2) is 0 Å². The maximum atomic E-state index is 6.12. The van der Waals surface area contributed by atoms with E-state index in [0.717, 1.165) is 17.3 Å². The zero-order valence-electron chi connectivity index (χ0n) is 33.8. The molecule has 2 nitrogen and oxygen atoms in total. The molecule has 0 spiro atoms. The number of nitrogen functional groups attached to an aromatic ring is 2. The molecule has 1 aliphatic carbocycles. The molecule has 1 aliphatic rings. The Hall–Kier alpha value is -3.52. The lowest BCUT2D eigenvalue weighted by Gasteiger charge is -2.42. The van der Waals surface area contributed by atoms with Gasteiger partial charge < -0.3 is 11.5 Å². The van der Waals surface area contributed by atoms with Gasteiger partial charge in [0.1, 0.15) is 0 Å². The summed E-state index contributed by atoms with van der Waals surface area (Å²) in [4.78, 5) is 0. The number of benzene rings is 4. The van der Waals surface area contributed by atoms with Gasteiger partial charge in [-0.2, -0.15) is 0 Å². The van der Waals surface area contributed by atoms with Crippen molar-refractivity contribution < 1.29 is 0 Å². The van der Waals surface area contributed by atoms with E-state index in [1.165, 1.54) is 162 Å². The molecule has 0 bridgehead atoms. The second-order valence-electron chi connectivity index (χ2n) is 16.6. The summed E-state index contributed by atoms with van der Waals surface area (Å²) in [5.41, 5.74) is 22.7. The van der Waals surface area contributed by atoms with E-state index < -0.39 is 0 Å². The summed E-state index contributed by atoms with van der Waals surface area (Å²) in [5, 5.41) is 0. The van der Waals surface area contributed by atoms with Gasteiger partial charge in [0.25, 0.3) is 0 Å². The molecule has 0 aliphatic heterocycles. The molecule has 0 heterocycles. The molecule has 53 heavy (non-hydrogen) atoms. The van der Waals surface area contributed by atoms with Crippen LogP contribution < -0.4 is 11.5 Å². The predicted octanol–water partition coefficient (Wildman–Crippen LogP) is 14.9. The lowest BCUT2D eigenvalue weighted by molar-refractivity contribution is 0.250. The molecule has 1 fully saturated rings. The van der Waals surface area contributed by atoms with Crippen molar-refractivity contribution in [3.05, 3.63) is 130 Å². The van der Waals surface area contributed by atoms with E-state index >= 15 is 0 Å². The molecule has 2 unspecified atom stereocenters. The van der Waals surface area contributed by atoms with Gasteiger partial charge in [-0.1, -0.05) is 183 Å². The zero-order chi connectivity index (χ0) is 37.3. The van der Waals surface area contributed by atoms with Crippen LogP contribution in [0.25, 0.3) is 0 Å². The van der Waals surface area contributed by atoms with Crippen LogP contribution in [0.15, 0.2) is 97.1 Å². The molecule has 4 aromatic rings. The fraction of sp³-hybridized carbons (Fsp3) is 0.529. The molecule has 0 amide bonds. The van der Waals surface area contributed by atoms with Crippen molar-refractivity contribution in [2.75, 3.05) is 11.5 Å². The number of nitrogens with two attached hydrogens (primary N) is 2. The monoisotopic (exact) mass is 713 g/mol. The van der Waals surface area contributed by atoms with Crippen molar-refractivity contribution in [2.45, 2.75) is 166 Å². The highest BCUT2D eigenvalue weighted by Crippen LogP contribution is 2.48. The minimum absolute atomic E-state index is 0.0609. The van der Waals surface area contributed by atoms with Crippen molar-refractivity contribution in [2.24, 2.45) is 5.92 Å². The highest BCUT2D eigenvalue weighted by atomic mass is 14.5. The van der Waals surface area contributed by atoms with Crippen molar-refractivity contribution in [3.63, 3.8) is 0 Å². The Labute approximate surface area is 324 Å². The van der Waals surface area contributed by atoms with Gasteiger partial charge in [-0.3, -0.25) is 0 Å². The van der Waals surface area contributed by atoms with Crippen molar-refractivity contribution in [1.29, 1.82) is 0 Å². The zero-order valence-corrected chi connectivity index (χ0v) is 33.8. The molecular weight excluding hydrogens is 641 g/mol. The van der Waals surface area contributed by atoms with Gasteiger partial charge in [0, 0.05) is 28.6 Å². The van der Waals surface area contributed by atoms with E-state index in [4.69, 9.17) is 11.5 Å². The van der Waals surface area contributed by atoms with E-state index in [9.17, 15) is 0 Å². The maximum absolute atomic E-state index is 6.12. The quantitative estimate of drug-likeness (QED) is 0.0629. The minimum Gasteiger partial charge on any atom is -0.399 e. The molecule has 2 heteroatoms. The molecule has 0 aromatic heterocycles. The highest BCUT2D eigenvalue weighted by Gasteiger charge is 2.38. The van der Waals surface area contributed by atoms with Crippen molar-refractivity contribution >= 4 is 11.4 Å². The average Bonchev–Trinajstić information content (AvgIpc) is 3.19. The minimum atomic E-state index is 0.0609. The SMILES string of the molecule is CCCCCCCC1CCC(c2ccc(C(CCCCCC)c3ccc(N)cc3)cc2)(c2ccc(C(CCCCCC)c3ccc(N)cc3)cc2)CC1. The van der Waals surface area contributed by atoms with Crippen LogP contribution in [0.2, 0.25) is 0 Å². The number of unbranched alkanes of at least 4 members (excludes halogenated alkanes) is 10. The molecule has 4 N–H and O–H groups in total. The van der Waals surface area contributed by atoms with Gasteiger partial charge in [0.05, 0.1) is 0 Å². The average molecular weight is 713 g/mol. The largest absolute Gasteiger partial charge is 0.399 e. The third kappa shape index (κ3) is 11.5. The molecule has 0 saturated heterocycles. The summed E-state index contributed by atoms with van der Waals surface area (Å²) < 4.78 is 0. The van der Waals surface area contributed by atoms with Crippen LogP contribution >= 0.6 is 0 Å². The van der Waals surface area contributed by atoms with Crippen LogP contribution in [0.3, 0.4) is 0 Å². The van der Waals surface area contributed by atoms with Gasteiger partial charge in [-0.15, -0.1) is 0 Å². The van der Waals surface area contributed by atoms with Crippen LogP contribution in [0.4, 0.5) is 11.4 Å². The Morgan fingerprint density at radius 3 is 1.17 bits per heavy atom. The van der Waals surface area contributed by atoms with Crippen molar-refractivity contribution in [1.82, 2.24) is 0 Å². The number of hydrogen-bond acceptors (Lipinski definition) is 2. The summed E-state index contributed by atoms with van der Waals surface area (Å²) in [6, 6.07) is 37.2. The Balaban J connectivity index is 1.43. The number of hydrogen-bond donors (Lipinski definition) is 2. The standard InChI is InChI=1S/C51H72N2/c1-4-7-10-13-14-17-40-36-38-51(39-37-40,45-28-20-41(21-29-45)49(18-15-11-8-5-2)43-24-32-47(52)33-25-43)46-30-22-42(23-31-46)50(19-16-12-9-6-3)44-26-34-48(53)35-27-44/h20-35,40,49-50H,4-19,36-39,52-53H2,1-3H3. The summed E-state index contributed by atoms with van der Waals surface area (Å²) in [6.45, 7) is 6.91. The third-order valence-electron chi connectivity index (χ3n) is 12.8. The summed E-state index contributed by atoms with van der Waals surface area (Å²) >= 11 is 0. The first-order valence-corrected chi connectivity index (χ1v) is 21.9. The fourth-order valence-corrected chi connectivity index (χ4v) is 9.37. The fourth-order valence-electron chi connectivity index (χ4n) is 9.37.